The van der Waals surface area contributed by atoms with Crippen LogP contribution in [0.15, 0.2) is 34.4 Å². The molecule has 0 bridgehead atoms. The first-order chi connectivity index (χ1) is 9.88. The van der Waals surface area contributed by atoms with Crippen molar-refractivity contribution in [3.05, 3.63) is 40.0 Å². The number of carbonyl (C=O) groups excluding carboxylic acids is 2. The Bertz CT molecular complexity index is 567. The van der Waals surface area contributed by atoms with Gasteiger partial charge in [0.2, 0.25) is 0 Å². The van der Waals surface area contributed by atoms with E-state index in [0.717, 1.165) is 16.1 Å². The van der Waals surface area contributed by atoms with Crippen molar-refractivity contribution in [2.45, 2.75) is 19.8 Å². The Hall–Kier alpha value is -1.82. The van der Waals surface area contributed by atoms with E-state index in [1.165, 1.54) is 14.2 Å². The average Bonchev–Trinajstić information content (AvgIpc) is 2.46. The molecule has 0 saturated carbocycles. The lowest BCUT2D eigenvalue weighted by molar-refractivity contribution is -0.138. The number of halogens is 1. The fourth-order valence-corrected chi connectivity index (χ4v) is 2.07. The van der Waals surface area contributed by atoms with Crippen LogP contribution < -0.4 is 5.32 Å². The van der Waals surface area contributed by atoms with Gasteiger partial charge in [-0.25, -0.2) is 9.59 Å². The highest BCUT2D eigenvalue weighted by Gasteiger charge is 2.14. The van der Waals surface area contributed by atoms with E-state index < -0.39 is 11.9 Å². The molecule has 0 heterocycles. The van der Waals surface area contributed by atoms with Gasteiger partial charge in [0.15, 0.2) is 0 Å². The Kier molecular flexibility index (Phi) is 6.42. The molecule has 21 heavy (non-hydrogen) atoms. The molecule has 0 spiro atoms. The fraction of sp³-hybridized carbons (Fsp3) is 0.333. The first-order valence-corrected chi connectivity index (χ1v) is 7.12. The molecule has 1 rings (SSSR count). The SMILES string of the molecule is COC(=O)/C=C(/Nc1ccc(C(C)C)cc1Br)C(=O)OC. The highest BCUT2D eigenvalue weighted by molar-refractivity contribution is 9.10. The molecule has 0 aliphatic heterocycles. The Balaban J connectivity index is 3.07. The summed E-state index contributed by atoms with van der Waals surface area (Å²) >= 11 is 3.44. The van der Waals surface area contributed by atoms with E-state index in [-0.39, 0.29) is 5.70 Å². The standard InChI is InChI=1S/C15H18BrNO4/c1-9(2)10-5-6-12(11(16)7-10)17-13(15(19)21-4)8-14(18)20-3/h5-9,17H,1-4H3/b13-8+. The highest BCUT2D eigenvalue weighted by Crippen LogP contribution is 2.28. The fourth-order valence-electron chi connectivity index (χ4n) is 1.57. The summed E-state index contributed by atoms with van der Waals surface area (Å²) in [6.45, 7) is 4.18. The third-order valence-electron chi connectivity index (χ3n) is 2.80. The van der Waals surface area contributed by atoms with E-state index in [9.17, 15) is 9.59 Å². The maximum absolute atomic E-state index is 11.7. The molecule has 0 radical (unpaired) electrons. The van der Waals surface area contributed by atoms with E-state index in [4.69, 9.17) is 0 Å². The molecule has 6 heteroatoms. The minimum atomic E-state index is -0.653. The van der Waals surface area contributed by atoms with Crippen molar-refractivity contribution in [2.24, 2.45) is 0 Å². The van der Waals surface area contributed by atoms with Crippen molar-refractivity contribution in [1.82, 2.24) is 0 Å². The number of ether oxygens (including phenoxy) is 2. The van der Waals surface area contributed by atoms with Crippen molar-refractivity contribution in [3.8, 4) is 0 Å². The van der Waals surface area contributed by atoms with Crippen LogP contribution in [0.2, 0.25) is 0 Å². The summed E-state index contributed by atoms with van der Waals surface area (Å²) in [5.41, 5.74) is 1.81. The van der Waals surface area contributed by atoms with Crippen molar-refractivity contribution in [3.63, 3.8) is 0 Å². The number of hydrogen-bond donors (Lipinski definition) is 1. The second-order valence-electron chi connectivity index (χ2n) is 4.59. The lowest BCUT2D eigenvalue weighted by Gasteiger charge is -2.13. The molecule has 0 fully saturated rings. The van der Waals surface area contributed by atoms with Crippen LogP contribution in [0.1, 0.15) is 25.3 Å². The molecule has 1 aromatic rings. The summed E-state index contributed by atoms with van der Waals surface area (Å²) in [5, 5.41) is 2.87. The Morgan fingerprint density at radius 2 is 1.90 bits per heavy atom. The van der Waals surface area contributed by atoms with Crippen LogP contribution in [-0.2, 0) is 19.1 Å². The van der Waals surface area contributed by atoms with Gasteiger partial charge < -0.3 is 14.8 Å². The topological polar surface area (TPSA) is 64.6 Å². The molecule has 5 nitrogen and oxygen atoms in total. The number of hydrogen-bond acceptors (Lipinski definition) is 5. The van der Waals surface area contributed by atoms with Gasteiger partial charge in [-0.2, -0.15) is 0 Å². The molecule has 1 N–H and O–H groups in total. The third-order valence-corrected chi connectivity index (χ3v) is 3.45. The minimum Gasteiger partial charge on any atom is -0.466 e. The molecule has 0 atom stereocenters. The summed E-state index contributed by atoms with van der Waals surface area (Å²) in [7, 11) is 2.48. The molecular formula is C15H18BrNO4. The molecule has 0 aliphatic rings. The highest BCUT2D eigenvalue weighted by atomic mass is 79.9. The maximum Gasteiger partial charge on any atom is 0.354 e. The van der Waals surface area contributed by atoms with Gasteiger partial charge >= 0.3 is 11.9 Å². The number of esters is 2. The Morgan fingerprint density at radius 3 is 2.38 bits per heavy atom. The van der Waals surface area contributed by atoms with Gasteiger partial charge in [0.25, 0.3) is 0 Å². The normalized spacial score (nSPS) is 11.2. The first-order valence-electron chi connectivity index (χ1n) is 6.33. The van der Waals surface area contributed by atoms with Gasteiger partial charge in [-0.3, -0.25) is 0 Å². The number of benzene rings is 1. The zero-order chi connectivity index (χ0) is 16.0. The van der Waals surface area contributed by atoms with E-state index >= 15 is 0 Å². The van der Waals surface area contributed by atoms with Crippen LogP contribution in [0.4, 0.5) is 5.69 Å². The zero-order valence-electron chi connectivity index (χ0n) is 12.4. The molecule has 0 aliphatic carbocycles. The van der Waals surface area contributed by atoms with E-state index in [1.54, 1.807) is 0 Å². The van der Waals surface area contributed by atoms with Crippen LogP contribution in [0.25, 0.3) is 0 Å². The number of methoxy groups -OCH3 is 2. The molecule has 0 unspecified atom stereocenters. The van der Waals surface area contributed by atoms with Crippen LogP contribution in [-0.4, -0.2) is 26.2 Å². The third kappa shape index (κ3) is 4.90. The van der Waals surface area contributed by atoms with Crippen molar-refractivity contribution in [1.29, 1.82) is 0 Å². The summed E-state index contributed by atoms with van der Waals surface area (Å²) in [5.74, 6) is -0.904. The van der Waals surface area contributed by atoms with Gasteiger partial charge in [0, 0.05) is 4.47 Å². The lowest BCUT2D eigenvalue weighted by atomic mass is 10.0. The number of carbonyl (C=O) groups is 2. The first kappa shape index (κ1) is 17.2. The van der Waals surface area contributed by atoms with Crippen molar-refractivity contribution >= 4 is 33.6 Å². The summed E-state index contributed by atoms with van der Waals surface area (Å²) in [4.78, 5) is 23.0. The summed E-state index contributed by atoms with van der Waals surface area (Å²) in [6.07, 6.45) is 1.05. The van der Waals surface area contributed by atoms with Crippen molar-refractivity contribution in [2.75, 3.05) is 19.5 Å². The van der Waals surface area contributed by atoms with Crippen LogP contribution >= 0.6 is 15.9 Å². The molecular weight excluding hydrogens is 338 g/mol. The predicted molar refractivity (Wildman–Crippen MR) is 84.0 cm³/mol. The number of nitrogens with one attached hydrogen (secondary N) is 1. The predicted octanol–water partition coefficient (Wildman–Crippen LogP) is 3.21. The molecule has 1 aromatic carbocycles. The van der Waals surface area contributed by atoms with Gasteiger partial charge in [-0.05, 0) is 39.5 Å². The van der Waals surface area contributed by atoms with Gasteiger partial charge in [0.05, 0.1) is 26.0 Å². The van der Waals surface area contributed by atoms with Gasteiger partial charge in [-0.15, -0.1) is 0 Å². The van der Waals surface area contributed by atoms with Gasteiger partial charge in [-0.1, -0.05) is 19.9 Å². The van der Waals surface area contributed by atoms with Gasteiger partial charge in [0.1, 0.15) is 5.70 Å². The maximum atomic E-state index is 11.7. The molecule has 0 saturated heterocycles. The molecule has 0 amide bonds. The van der Waals surface area contributed by atoms with E-state index in [1.807, 2.05) is 18.2 Å². The smallest absolute Gasteiger partial charge is 0.354 e. The average molecular weight is 356 g/mol. The number of rotatable bonds is 5. The van der Waals surface area contributed by atoms with E-state index in [0.29, 0.717) is 11.6 Å². The number of anilines is 1. The second kappa shape index (κ2) is 7.83. The largest absolute Gasteiger partial charge is 0.466 e. The summed E-state index contributed by atoms with van der Waals surface area (Å²) < 4.78 is 9.94. The minimum absolute atomic E-state index is 0.00217. The Labute approximate surface area is 132 Å². The van der Waals surface area contributed by atoms with Crippen molar-refractivity contribution < 1.29 is 19.1 Å². The van der Waals surface area contributed by atoms with Crippen LogP contribution in [0.3, 0.4) is 0 Å². The van der Waals surface area contributed by atoms with Crippen LogP contribution in [0.5, 0.6) is 0 Å². The Morgan fingerprint density at radius 1 is 1.24 bits per heavy atom. The molecule has 114 valence electrons. The quantitative estimate of drug-likeness (QED) is 0.648. The molecule has 0 aromatic heterocycles. The second-order valence-corrected chi connectivity index (χ2v) is 5.45. The van der Waals surface area contributed by atoms with Crippen LogP contribution in [0, 0.1) is 0 Å². The summed E-state index contributed by atoms with van der Waals surface area (Å²) in [6, 6.07) is 5.73. The zero-order valence-corrected chi connectivity index (χ0v) is 14.0. The van der Waals surface area contributed by atoms with E-state index in [2.05, 4.69) is 44.6 Å². The lowest BCUT2D eigenvalue weighted by Crippen LogP contribution is -2.15. The monoisotopic (exact) mass is 355 g/mol.